The Labute approximate surface area is 114 Å². The van der Waals surface area contributed by atoms with Crippen molar-refractivity contribution in [1.29, 1.82) is 0 Å². The van der Waals surface area contributed by atoms with E-state index in [4.69, 9.17) is 0 Å². The minimum absolute atomic E-state index is 0.0294. The number of carbonyl (C=O) groups is 1. The highest BCUT2D eigenvalue weighted by Gasteiger charge is 2.29. The molecule has 5 nitrogen and oxygen atoms in total. The summed E-state index contributed by atoms with van der Waals surface area (Å²) >= 11 is 0. The van der Waals surface area contributed by atoms with Crippen LogP contribution in [0.4, 0.5) is 0 Å². The van der Waals surface area contributed by atoms with Crippen molar-refractivity contribution in [3.05, 3.63) is 11.6 Å². The third kappa shape index (κ3) is 2.96. The van der Waals surface area contributed by atoms with Crippen molar-refractivity contribution in [2.45, 2.75) is 64.8 Å². The second kappa shape index (κ2) is 5.31. The summed E-state index contributed by atoms with van der Waals surface area (Å²) in [5, 5.41) is 6.99. The predicted molar refractivity (Wildman–Crippen MR) is 74.0 cm³/mol. The molecular weight excluding hydrogens is 240 g/mol. The van der Waals surface area contributed by atoms with Crippen LogP contribution in [-0.2, 0) is 5.41 Å². The summed E-state index contributed by atoms with van der Waals surface area (Å²) in [7, 11) is 0. The number of hydrogen-bond acceptors (Lipinski definition) is 3. The lowest BCUT2D eigenvalue weighted by Gasteiger charge is -2.34. The Morgan fingerprint density at radius 2 is 2.16 bits per heavy atom. The fourth-order valence-corrected chi connectivity index (χ4v) is 2.51. The number of aromatic amines is 1. The molecule has 1 unspecified atom stereocenters. The van der Waals surface area contributed by atoms with Crippen molar-refractivity contribution in [1.82, 2.24) is 20.1 Å². The Hall–Kier alpha value is -1.39. The Kier molecular flexibility index (Phi) is 3.92. The fraction of sp³-hybridized carbons (Fsp3) is 0.786. The van der Waals surface area contributed by atoms with Gasteiger partial charge >= 0.3 is 0 Å². The molecular formula is C14H24N4O. The van der Waals surface area contributed by atoms with Crippen molar-refractivity contribution in [3.8, 4) is 0 Å². The molecule has 1 fully saturated rings. The van der Waals surface area contributed by atoms with Crippen LogP contribution in [0.15, 0.2) is 0 Å². The van der Waals surface area contributed by atoms with E-state index in [1.54, 1.807) is 0 Å². The van der Waals surface area contributed by atoms with Gasteiger partial charge < -0.3 is 4.90 Å². The molecule has 2 heterocycles. The van der Waals surface area contributed by atoms with Gasteiger partial charge in [-0.15, -0.1) is 5.10 Å². The summed E-state index contributed by atoms with van der Waals surface area (Å²) in [6.45, 7) is 9.12. The van der Waals surface area contributed by atoms with Gasteiger partial charge in [0, 0.05) is 18.0 Å². The lowest BCUT2D eigenvalue weighted by Crippen LogP contribution is -2.43. The van der Waals surface area contributed by atoms with Crippen LogP contribution in [0.1, 0.15) is 69.8 Å². The molecule has 1 aliphatic heterocycles. The van der Waals surface area contributed by atoms with E-state index in [9.17, 15) is 4.79 Å². The van der Waals surface area contributed by atoms with Crippen LogP contribution in [0, 0.1) is 0 Å². The van der Waals surface area contributed by atoms with Gasteiger partial charge in [0.2, 0.25) is 5.82 Å². The van der Waals surface area contributed by atoms with Crippen molar-refractivity contribution >= 4 is 5.91 Å². The normalized spacial score (nSPS) is 20.6. The zero-order valence-electron chi connectivity index (χ0n) is 12.4. The van der Waals surface area contributed by atoms with Crippen molar-refractivity contribution in [2.75, 3.05) is 6.54 Å². The number of amides is 1. The van der Waals surface area contributed by atoms with E-state index >= 15 is 0 Å². The molecule has 0 aromatic carbocycles. The van der Waals surface area contributed by atoms with Gasteiger partial charge in [0.15, 0.2) is 0 Å². The molecule has 1 aromatic rings. The number of nitrogens with one attached hydrogen (secondary N) is 1. The summed E-state index contributed by atoms with van der Waals surface area (Å²) in [5.74, 6) is 1.05. The average Bonchev–Trinajstić information content (AvgIpc) is 2.87. The minimum atomic E-state index is -0.114. The number of carbonyl (C=O) groups excluding carboxylic acids is 1. The summed E-state index contributed by atoms with van der Waals surface area (Å²) < 4.78 is 0. The molecule has 1 atom stereocenters. The molecule has 1 N–H and O–H groups in total. The van der Waals surface area contributed by atoms with E-state index in [2.05, 4.69) is 42.9 Å². The molecule has 0 radical (unpaired) electrons. The molecule has 1 aromatic heterocycles. The Bertz CT molecular complexity index is 447. The summed E-state index contributed by atoms with van der Waals surface area (Å²) in [4.78, 5) is 18.8. The SMILES string of the molecule is CCC1CCCCN1C(=O)c1n[nH]c(C(C)(C)C)n1. The van der Waals surface area contributed by atoms with Crippen LogP contribution in [-0.4, -0.2) is 38.6 Å². The number of nitrogens with zero attached hydrogens (tertiary/aromatic N) is 3. The summed E-state index contributed by atoms with van der Waals surface area (Å²) in [6, 6.07) is 0.345. The summed E-state index contributed by atoms with van der Waals surface area (Å²) in [6.07, 6.45) is 4.39. The number of H-pyrrole nitrogens is 1. The van der Waals surface area contributed by atoms with E-state index in [-0.39, 0.29) is 11.3 Å². The van der Waals surface area contributed by atoms with Crippen molar-refractivity contribution < 1.29 is 4.79 Å². The van der Waals surface area contributed by atoms with Gasteiger partial charge in [-0.05, 0) is 25.7 Å². The largest absolute Gasteiger partial charge is 0.333 e. The molecule has 1 amide bonds. The van der Waals surface area contributed by atoms with Gasteiger partial charge in [0.05, 0.1) is 0 Å². The van der Waals surface area contributed by atoms with Crippen LogP contribution < -0.4 is 0 Å². The van der Waals surface area contributed by atoms with Crippen LogP contribution in [0.3, 0.4) is 0 Å². The first-order chi connectivity index (χ1) is 8.93. The van der Waals surface area contributed by atoms with E-state index in [0.717, 1.165) is 31.6 Å². The molecule has 5 heteroatoms. The standard InChI is InChI=1S/C14H24N4O/c1-5-10-8-6-7-9-18(10)12(19)11-15-13(17-16-11)14(2,3)4/h10H,5-9H2,1-4H3,(H,15,16,17). The maximum atomic E-state index is 12.5. The van der Waals surface area contributed by atoms with Crippen LogP contribution in [0.2, 0.25) is 0 Å². The van der Waals surface area contributed by atoms with Crippen LogP contribution in [0.25, 0.3) is 0 Å². The molecule has 19 heavy (non-hydrogen) atoms. The van der Waals surface area contributed by atoms with Gasteiger partial charge in [-0.1, -0.05) is 27.7 Å². The summed E-state index contributed by atoms with van der Waals surface area (Å²) in [5.41, 5.74) is -0.114. The second-order valence-corrected chi connectivity index (χ2v) is 6.31. The highest BCUT2D eigenvalue weighted by atomic mass is 16.2. The zero-order chi connectivity index (χ0) is 14.0. The lowest BCUT2D eigenvalue weighted by molar-refractivity contribution is 0.0595. The first-order valence-electron chi connectivity index (χ1n) is 7.17. The number of piperidine rings is 1. The minimum Gasteiger partial charge on any atom is -0.333 e. The highest BCUT2D eigenvalue weighted by Crippen LogP contribution is 2.22. The average molecular weight is 264 g/mol. The number of likely N-dealkylation sites (tertiary alicyclic amines) is 1. The molecule has 1 saturated heterocycles. The Morgan fingerprint density at radius 3 is 2.74 bits per heavy atom. The van der Waals surface area contributed by atoms with Crippen LogP contribution >= 0.6 is 0 Å². The van der Waals surface area contributed by atoms with E-state index < -0.39 is 0 Å². The van der Waals surface area contributed by atoms with Crippen molar-refractivity contribution in [2.24, 2.45) is 0 Å². The van der Waals surface area contributed by atoms with Gasteiger partial charge in [-0.25, -0.2) is 4.98 Å². The quantitative estimate of drug-likeness (QED) is 0.892. The molecule has 0 spiro atoms. The monoisotopic (exact) mass is 264 g/mol. The number of hydrogen-bond donors (Lipinski definition) is 1. The number of aromatic nitrogens is 3. The lowest BCUT2D eigenvalue weighted by atomic mass is 9.96. The first-order valence-corrected chi connectivity index (χ1v) is 7.17. The van der Waals surface area contributed by atoms with E-state index in [0.29, 0.717) is 11.9 Å². The maximum Gasteiger partial charge on any atom is 0.293 e. The highest BCUT2D eigenvalue weighted by molar-refractivity contribution is 5.90. The molecule has 1 aliphatic rings. The zero-order valence-corrected chi connectivity index (χ0v) is 12.4. The van der Waals surface area contributed by atoms with E-state index in [1.165, 1.54) is 6.42 Å². The van der Waals surface area contributed by atoms with Crippen LogP contribution in [0.5, 0.6) is 0 Å². The smallest absolute Gasteiger partial charge is 0.293 e. The van der Waals surface area contributed by atoms with E-state index in [1.807, 2.05) is 4.90 Å². The topological polar surface area (TPSA) is 61.9 Å². The predicted octanol–water partition coefficient (Wildman–Crippen LogP) is 2.51. The third-order valence-electron chi connectivity index (χ3n) is 3.75. The van der Waals surface area contributed by atoms with Gasteiger partial charge in [-0.3, -0.25) is 9.89 Å². The third-order valence-corrected chi connectivity index (χ3v) is 3.75. The Balaban J connectivity index is 2.16. The molecule has 0 bridgehead atoms. The molecule has 0 aliphatic carbocycles. The Morgan fingerprint density at radius 1 is 1.42 bits per heavy atom. The van der Waals surface area contributed by atoms with Gasteiger partial charge in [0.1, 0.15) is 5.82 Å². The van der Waals surface area contributed by atoms with Gasteiger partial charge in [-0.2, -0.15) is 0 Å². The van der Waals surface area contributed by atoms with Crippen molar-refractivity contribution in [3.63, 3.8) is 0 Å². The molecule has 0 saturated carbocycles. The maximum absolute atomic E-state index is 12.5. The second-order valence-electron chi connectivity index (χ2n) is 6.31. The van der Waals surface area contributed by atoms with Gasteiger partial charge in [0.25, 0.3) is 5.91 Å². The number of rotatable bonds is 2. The first kappa shape index (κ1) is 14.0. The molecule has 106 valence electrons. The molecule has 2 rings (SSSR count). The fourth-order valence-electron chi connectivity index (χ4n) is 2.51.